The number of benzene rings is 9. The number of aryl methyl sites for hydroxylation is 1. The highest BCUT2D eigenvalue weighted by Gasteiger charge is 2.44. The molecule has 0 unspecified atom stereocenters. The number of hydrogen-bond acceptors (Lipinski definition) is 2. The summed E-state index contributed by atoms with van der Waals surface area (Å²) in [4.78, 5) is 2.58. The van der Waals surface area contributed by atoms with E-state index in [1.807, 2.05) is 0 Å². The molecule has 0 aliphatic carbocycles. The molecule has 3 nitrogen and oxygen atoms in total. The molecule has 0 radical (unpaired) electrons. The average molecular weight is 760 g/mol. The average Bonchev–Trinajstić information content (AvgIpc) is 3.57. The molecule has 0 fully saturated rings. The van der Waals surface area contributed by atoms with Crippen LogP contribution in [0.4, 0.5) is 22.7 Å². The highest BCUT2D eigenvalue weighted by molar-refractivity contribution is 6.90. The number of nitrogens with zero attached hydrogens (tertiary/aromatic N) is 2. The van der Waals surface area contributed by atoms with E-state index < -0.39 is 0 Å². The molecule has 4 heteroatoms. The highest BCUT2D eigenvalue weighted by Crippen LogP contribution is 2.51. The lowest BCUT2D eigenvalue weighted by atomic mass is 9.44. The Morgan fingerprint density at radius 1 is 0.525 bits per heavy atom. The maximum atomic E-state index is 7.15. The van der Waals surface area contributed by atoms with Crippen LogP contribution in [0.25, 0.3) is 76.0 Å². The first-order valence-electron chi connectivity index (χ1n) is 21.1. The highest BCUT2D eigenvalue weighted by atomic mass is 15.2. The number of rotatable bonds is 1. The summed E-state index contributed by atoms with van der Waals surface area (Å²) >= 11 is 0. The minimum atomic E-state index is -0.0934. The SMILES string of the molecule is Cc1c2c(cc3cc4ccccc4cc13)B1c3c(cc(N)cc3N2c2cc(C(C)(C)C)cc(C(C)(C)C)c2)-c2cc3ccccc3c3c4c5ccccc5ccc4n1c23. The van der Waals surface area contributed by atoms with Gasteiger partial charge in [-0.15, -0.1) is 0 Å². The van der Waals surface area contributed by atoms with Crippen LogP contribution < -0.4 is 21.6 Å². The summed E-state index contributed by atoms with van der Waals surface area (Å²) in [7, 11) is 0. The standard InChI is InChI=1S/C55H46BN3/c1-31-43-23-34-16-9-8-15-33(34)22-36(43)25-46-52(31)58(40-27-37(54(2,3)4)26-38(28-40)55(5,6)7)48-30-39(57)29-44-45-24-35-17-11-13-19-42(35)50-49-41-18-12-10-14-32(41)20-21-47(49)59(53(45)50)56(46)51(44)48/h8-30H,57H2,1-7H3. The van der Waals surface area contributed by atoms with Gasteiger partial charge in [0.05, 0.1) is 0 Å². The topological polar surface area (TPSA) is 34.2 Å². The van der Waals surface area contributed by atoms with Crippen LogP contribution in [0.3, 0.4) is 0 Å². The molecule has 2 aliphatic heterocycles. The molecular weight excluding hydrogens is 713 g/mol. The van der Waals surface area contributed by atoms with Crippen molar-refractivity contribution >= 4 is 105 Å². The molecule has 2 aliphatic rings. The van der Waals surface area contributed by atoms with Gasteiger partial charge in [0, 0.05) is 50.1 Å². The van der Waals surface area contributed by atoms with E-state index in [2.05, 4.69) is 197 Å². The molecule has 59 heavy (non-hydrogen) atoms. The van der Waals surface area contributed by atoms with Gasteiger partial charge >= 0.3 is 6.85 Å². The third kappa shape index (κ3) is 4.72. The molecule has 10 aromatic rings. The van der Waals surface area contributed by atoms with Crippen LogP contribution in [0, 0.1) is 6.92 Å². The second-order valence-corrected chi connectivity index (χ2v) is 19.3. The summed E-state index contributed by atoms with van der Waals surface area (Å²) in [5.41, 5.74) is 22.9. The van der Waals surface area contributed by atoms with Gasteiger partial charge in [-0.2, -0.15) is 0 Å². The van der Waals surface area contributed by atoms with Crippen molar-refractivity contribution in [2.75, 3.05) is 10.6 Å². The molecule has 12 rings (SSSR count). The van der Waals surface area contributed by atoms with Crippen molar-refractivity contribution in [3.8, 4) is 11.1 Å². The van der Waals surface area contributed by atoms with Gasteiger partial charge in [0.1, 0.15) is 0 Å². The Morgan fingerprint density at radius 3 is 1.85 bits per heavy atom. The summed E-state index contributed by atoms with van der Waals surface area (Å²) in [6.45, 7) is 16.2. The Morgan fingerprint density at radius 2 is 1.15 bits per heavy atom. The zero-order chi connectivity index (χ0) is 40.3. The minimum absolute atomic E-state index is 0.0535. The van der Waals surface area contributed by atoms with E-state index in [-0.39, 0.29) is 17.7 Å². The summed E-state index contributed by atoms with van der Waals surface area (Å²) in [5, 5.41) is 12.8. The summed E-state index contributed by atoms with van der Waals surface area (Å²) in [6.07, 6.45) is 0. The van der Waals surface area contributed by atoms with Gasteiger partial charge in [-0.05, 0) is 143 Å². The fourth-order valence-electron chi connectivity index (χ4n) is 10.7. The first-order valence-corrected chi connectivity index (χ1v) is 21.1. The fraction of sp³-hybridized carbons (Fsp3) is 0.164. The molecule has 0 amide bonds. The molecule has 0 spiro atoms. The molecule has 9 aromatic carbocycles. The molecule has 3 heterocycles. The largest absolute Gasteiger partial charge is 0.399 e. The van der Waals surface area contributed by atoms with Crippen molar-refractivity contribution in [3.05, 3.63) is 156 Å². The lowest BCUT2D eigenvalue weighted by molar-refractivity contribution is 0.569. The smallest absolute Gasteiger partial charge is 0.333 e. The predicted molar refractivity (Wildman–Crippen MR) is 257 cm³/mol. The second kappa shape index (κ2) is 11.6. The van der Waals surface area contributed by atoms with Gasteiger partial charge < -0.3 is 15.1 Å². The molecular formula is C55H46BN3. The summed E-state index contributed by atoms with van der Waals surface area (Å²) in [5.74, 6) is 0. The van der Waals surface area contributed by atoms with Crippen LogP contribution in [-0.4, -0.2) is 11.3 Å². The number of nitrogen functional groups attached to an aromatic ring is 1. The van der Waals surface area contributed by atoms with Crippen LogP contribution in [0.2, 0.25) is 0 Å². The first-order chi connectivity index (χ1) is 28.3. The van der Waals surface area contributed by atoms with E-state index in [9.17, 15) is 0 Å². The molecule has 0 saturated heterocycles. The van der Waals surface area contributed by atoms with Gasteiger partial charge in [-0.25, -0.2) is 0 Å². The Balaban J connectivity index is 1.31. The van der Waals surface area contributed by atoms with Crippen LogP contribution in [-0.2, 0) is 10.8 Å². The number of aromatic nitrogens is 1. The van der Waals surface area contributed by atoms with Crippen LogP contribution in [0.5, 0.6) is 0 Å². The Hall–Kier alpha value is -6.52. The van der Waals surface area contributed by atoms with Crippen molar-refractivity contribution in [1.29, 1.82) is 0 Å². The number of hydrogen-bond donors (Lipinski definition) is 1. The lowest BCUT2D eigenvalue weighted by Gasteiger charge is -2.42. The number of fused-ring (bicyclic) bond motifs is 13. The normalized spacial score (nSPS) is 13.7. The van der Waals surface area contributed by atoms with E-state index in [4.69, 9.17) is 5.73 Å². The van der Waals surface area contributed by atoms with E-state index in [1.54, 1.807) is 0 Å². The lowest BCUT2D eigenvalue weighted by Crippen LogP contribution is -2.57. The van der Waals surface area contributed by atoms with Gasteiger partial charge in [0.15, 0.2) is 0 Å². The van der Waals surface area contributed by atoms with Crippen LogP contribution >= 0.6 is 0 Å². The Bertz CT molecular complexity index is 3470. The van der Waals surface area contributed by atoms with Crippen molar-refractivity contribution in [2.45, 2.75) is 59.3 Å². The maximum absolute atomic E-state index is 7.15. The van der Waals surface area contributed by atoms with E-state index in [0.717, 1.165) is 11.4 Å². The van der Waals surface area contributed by atoms with Gasteiger partial charge in [-0.3, -0.25) is 0 Å². The zero-order valence-corrected chi connectivity index (χ0v) is 34.8. The molecule has 0 bridgehead atoms. The third-order valence-corrected chi connectivity index (χ3v) is 13.6. The van der Waals surface area contributed by atoms with Crippen molar-refractivity contribution in [1.82, 2.24) is 4.48 Å². The minimum Gasteiger partial charge on any atom is -0.399 e. The monoisotopic (exact) mass is 759 g/mol. The quantitative estimate of drug-likeness (QED) is 0.103. The summed E-state index contributed by atoms with van der Waals surface area (Å²) < 4.78 is 2.70. The fourth-order valence-corrected chi connectivity index (χ4v) is 10.7. The number of anilines is 4. The Kier molecular flexibility index (Phi) is 6.77. The Labute approximate surface area is 345 Å². The molecule has 0 saturated carbocycles. The summed E-state index contributed by atoms with van der Waals surface area (Å²) in [6, 6.07) is 52.9. The molecule has 0 atom stereocenters. The van der Waals surface area contributed by atoms with Gasteiger partial charge in [0.25, 0.3) is 0 Å². The molecule has 1 aromatic heterocycles. The molecule has 284 valence electrons. The van der Waals surface area contributed by atoms with Gasteiger partial charge in [-0.1, -0.05) is 133 Å². The zero-order valence-electron chi connectivity index (χ0n) is 34.8. The van der Waals surface area contributed by atoms with Crippen molar-refractivity contribution < 1.29 is 0 Å². The second-order valence-electron chi connectivity index (χ2n) is 19.3. The van der Waals surface area contributed by atoms with E-state index in [1.165, 1.54) is 115 Å². The van der Waals surface area contributed by atoms with Gasteiger partial charge in [0.2, 0.25) is 0 Å². The van der Waals surface area contributed by atoms with Crippen LogP contribution in [0.15, 0.2) is 140 Å². The third-order valence-electron chi connectivity index (χ3n) is 13.6. The first kappa shape index (κ1) is 34.5. The maximum Gasteiger partial charge on any atom is 0.333 e. The molecule has 2 N–H and O–H groups in total. The predicted octanol–water partition coefficient (Wildman–Crippen LogP) is 13.3. The van der Waals surface area contributed by atoms with Crippen molar-refractivity contribution in [3.63, 3.8) is 0 Å². The van der Waals surface area contributed by atoms with E-state index >= 15 is 0 Å². The van der Waals surface area contributed by atoms with E-state index in [0.29, 0.717) is 0 Å². The van der Waals surface area contributed by atoms with Crippen LogP contribution in [0.1, 0.15) is 58.2 Å². The number of nitrogens with two attached hydrogens (primary N) is 1. The van der Waals surface area contributed by atoms with Crippen molar-refractivity contribution in [2.24, 2.45) is 0 Å².